The minimum atomic E-state index is 0. The van der Waals surface area contributed by atoms with Crippen LogP contribution in [0.1, 0.15) is 37.3 Å². The molecule has 0 atom stereocenters. The predicted octanol–water partition coefficient (Wildman–Crippen LogP) is 3.34. The first-order chi connectivity index (χ1) is 13.7. The summed E-state index contributed by atoms with van der Waals surface area (Å²) in [6.07, 6.45) is 7.63. The lowest BCUT2D eigenvalue weighted by atomic mass is 9.99. The summed E-state index contributed by atoms with van der Waals surface area (Å²) in [6.45, 7) is 8.55. The third-order valence-corrected chi connectivity index (χ3v) is 5.40. The van der Waals surface area contributed by atoms with Crippen LogP contribution in [0.25, 0.3) is 0 Å². The van der Waals surface area contributed by atoms with Crippen LogP contribution in [0.4, 0.5) is 0 Å². The van der Waals surface area contributed by atoms with E-state index in [9.17, 15) is 0 Å². The van der Waals surface area contributed by atoms with Gasteiger partial charge in [0.15, 0.2) is 5.96 Å². The number of likely N-dealkylation sites (tertiary alicyclic amines) is 1. The highest BCUT2D eigenvalue weighted by molar-refractivity contribution is 14.0. The van der Waals surface area contributed by atoms with E-state index in [1.807, 2.05) is 30.2 Å². The van der Waals surface area contributed by atoms with Gasteiger partial charge in [-0.1, -0.05) is 31.2 Å². The second-order valence-corrected chi connectivity index (χ2v) is 7.75. The molecule has 2 heterocycles. The quantitative estimate of drug-likeness (QED) is 0.248. The van der Waals surface area contributed by atoms with Gasteiger partial charge in [-0.05, 0) is 62.0 Å². The molecule has 1 aliphatic heterocycles. The normalized spacial score (nSPS) is 15.7. The Morgan fingerprint density at radius 2 is 1.97 bits per heavy atom. The van der Waals surface area contributed by atoms with E-state index in [1.165, 1.54) is 43.6 Å². The number of nitrogens with one attached hydrogen (secondary N) is 2. The third kappa shape index (κ3) is 8.34. The molecule has 1 aromatic heterocycles. The van der Waals surface area contributed by atoms with Crippen molar-refractivity contribution in [1.82, 2.24) is 25.3 Å². The first-order valence-corrected chi connectivity index (χ1v) is 10.4. The van der Waals surface area contributed by atoms with Crippen molar-refractivity contribution in [3.05, 3.63) is 53.9 Å². The molecule has 160 valence electrons. The maximum absolute atomic E-state index is 4.35. The predicted molar refractivity (Wildman–Crippen MR) is 131 cm³/mol. The van der Waals surface area contributed by atoms with Crippen molar-refractivity contribution in [3.63, 3.8) is 0 Å². The van der Waals surface area contributed by atoms with Gasteiger partial charge in [-0.3, -0.25) is 9.67 Å². The molecule has 6 nitrogen and oxygen atoms in total. The number of hydrogen-bond donors (Lipinski definition) is 2. The smallest absolute Gasteiger partial charge is 0.191 e. The van der Waals surface area contributed by atoms with Crippen molar-refractivity contribution in [1.29, 1.82) is 0 Å². The molecular weight excluding hydrogens is 475 g/mol. The first kappa shape index (κ1) is 23.7. The molecule has 7 heteroatoms. The minimum Gasteiger partial charge on any atom is -0.356 e. The zero-order chi connectivity index (χ0) is 19.6. The molecule has 3 rings (SSSR count). The van der Waals surface area contributed by atoms with E-state index in [-0.39, 0.29) is 24.0 Å². The maximum Gasteiger partial charge on any atom is 0.191 e. The highest BCUT2D eigenvalue weighted by Gasteiger charge is 2.14. The van der Waals surface area contributed by atoms with E-state index in [4.69, 9.17) is 0 Å². The van der Waals surface area contributed by atoms with Gasteiger partial charge >= 0.3 is 0 Å². The standard InChI is InChI=1S/C22H34N6.HI/c1-19-8-14-27(15-9-19)12-4-10-24-22(23-2)25-17-20-6-3-7-21(16-20)18-28-13-5-11-26-28;/h3,5-7,11,13,16,19H,4,8-10,12,14-15,17-18H2,1-2H3,(H2,23,24,25);1H. The summed E-state index contributed by atoms with van der Waals surface area (Å²) in [4.78, 5) is 6.93. The van der Waals surface area contributed by atoms with E-state index in [0.29, 0.717) is 0 Å². The lowest BCUT2D eigenvalue weighted by Gasteiger charge is -2.30. The summed E-state index contributed by atoms with van der Waals surface area (Å²) in [6, 6.07) is 10.6. The third-order valence-electron chi connectivity index (χ3n) is 5.40. The minimum absolute atomic E-state index is 0. The van der Waals surface area contributed by atoms with Crippen LogP contribution in [0.5, 0.6) is 0 Å². The van der Waals surface area contributed by atoms with Crippen LogP contribution in [0.15, 0.2) is 47.7 Å². The van der Waals surface area contributed by atoms with Gasteiger partial charge in [-0.25, -0.2) is 0 Å². The topological polar surface area (TPSA) is 57.5 Å². The molecule has 0 amide bonds. The van der Waals surface area contributed by atoms with Gasteiger partial charge in [0.1, 0.15) is 0 Å². The van der Waals surface area contributed by atoms with Gasteiger partial charge in [0.05, 0.1) is 6.54 Å². The molecule has 0 bridgehead atoms. The average Bonchev–Trinajstić information content (AvgIpc) is 3.22. The molecule has 0 spiro atoms. The molecule has 2 N–H and O–H groups in total. The van der Waals surface area contributed by atoms with E-state index in [1.54, 1.807) is 0 Å². The number of aromatic nitrogens is 2. The lowest BCUT2D eigenvalue weighted by molar-refractivity contribution is 0.191. The Balaban J connectivity index is 0.00000300. The molecule has 1 fully saturated rings. The fourth-order valence-electron chi connectivity index (χ4n) is 3.62. The lowest BCUT2D eigenvalue weighted by Crippen LogP contribution is -2.39. The van der Waals surface area contributed by atoms with Gasteiger partial charge in [-0.15, -0.1) is 24.0 Å². The van der Waals surface area contributed by atoms with Crippen LogP contribution in [0.2, 0.25) is 0 Å². The molecule has 0 radical (unpaired) electrons. The van der Waals surface area contributed by atoms with Crippen LogP contribution < -0.4 is 10.6 Å². The van der Waals surface area contributed by atoms with Crippen LogP contribution in [0, 0.1) is 5.92 Å². The fourth-order valence-corrected chi connectivity index (χ4v) is 3.62. The fraction of sp³-hybridized carbons (Fsp3) is 0.545. The van der Waals surface area contributed by atoms with Crippen molar-refractivity contribution in [3.8, 4) is 0 Å². The van der Waals surface area contributed by atoms with Gasteiger partial charge in [0.25, 0.3) is 0 Å². The Morgan fingerprint density at radius 1 is 1.17 bits per heavy atom. The molecule has 2 aromatic rings. The summed E-state index contributed by atoms with van der Waals surface area (Å²) in [5.41, 5.74) is 2.50. The number of hydrogen-bond acceptors (Lipinski definition) is 3. The molecule has 0 saturated carbocycles. The van der Waals surface area contributed by atoms with Gasteiger partial charge in [0.2, 0.25) is 0 Å². The highest BCUT2D eigenvalue weighted by Crippen LogP contribution is 2.15. The number of rotatable bonds is 8. The number of halogens is 1. The summed E-state index contributed by atoms with van der Waals surface area (Å²) < 4.78 is 1.94. The molecular formula is C22H35IN6. The van der Waals surface area contributed by atoms with Crippen molar-refractivity contribution in [2.75, 3.05) is 33.2 Å². The zero-order valence-electron chi connectivity index (χ0n) is 17.7. The second kappa shape index (κ2) is 12.8. The molecule has 29 heavy (non-hydrogen) atoms. The Kier molecular flexibility index (Phi) is 10.5. The zero-order valence-corrected chi connectivity index (χ0v) is 20.0. The summed E-state index contributed by atoms with van der Waals surface area (Å²) in [7, 11) is 1.83. The van der Waals surface area contributed by atoms with Crippen LogP contribution >= 0.6 is 24.0 Å². The number of aliphatic imine (C=N–C) groups is 1. The Morgan fingerprint density at radius 3 is 2.69 bits per heavy atom. The molecule has 0 unspecified atom stereocenters. The van der Waals surface area contributed by atoms with Crippen molar-refractivity contribution in [2.24, 2.45) is 10.9 Å². The molecule has 1 aliphatic rings. The van der Waals surface area contributed by atoms with Crippen molar-refractivity contribution in [2.45, 2.75) is 39.3 Å². The summed E-state index contributed by atoms with van der Waals surface area (Å²) >= 11 is 0. The number of benzene rings is 1. The van der Waals surface area contributed by atoms with Gasteiger partial charge < -0.3 is 15.5 Å². The Hall–Kier alpha value is -1.61. The van der Waals surface area contributed by atoms with E-state index in [0.717, 1.165) is 37.9 Å². The van der Waals surface area contributed by atoms with E-state index >= 15 is 0 Å². The first-order valence-electron chi connectivity index (χ1n) is 10.4. The molecule has 0 aliphatic carbocycles. The second-order valence-electron chi connectivity index (χ2n) is 7.75. The molecule has 1 aromatic carbocycles. The van der Waals surface area contributed by atoms with Crippen molar-refractivity contribution >= 4 is 29.9 Å². The van der Waals surface area contributed by atoms with Crippen LogP contribution in [-0.4, -0.2) is 53.9 Å². The van der Waals surface area contributed by atoms with Crippen molar-refractivity contribution < 1.29 is 0 Å². The van der Waals surface area contributed by atoms with E-state index in [2.05, 4.69) is 56.8 Å². The monoisotopic (exact) mass is 510 g/mol. The number of piperidine rings is 1. The summed E-state index contributed by atoms with van der Waals surface area (Å²) in [5.74, 6) is 1.76. The largest absolute Gasteiger partial charge is 0.356 e. The maximum atomic E-state index is 4.35. The average molecular weight is 510 g/mol. The Labute approximate surface area is 192 Å². The van der Waals surface area contributed by atoms with Gasteiger partial charge in [-0.2, -0.15) is 5.10 Å². The number of nitrogens with zero attached hydrogens (tertiary/aromatic N) is 4. The van der Waals surface area contributed by atoms with Gasteiger partial charge in [0, 0.05) is 32.5 Å². The highest BCUT2D eigenvalue weighted by atomic mass is 127. The molecule has 1 saturated heterocycles. The van der Waals surface area contributed by atoms with E-state index < -0.39 is 0 Å². The van der Waals surface area contributed by atoms with Crippen LogP contribution in [0.3, 0.4) is 0 Å². The van der Waals surface area contributed by atoms with Crippen LogP contribution in [-0.2, 0) is 13.1 Å². The SMILES string of the molecule is CN=C(NCCCN1CCC(C)CC1)NCc1cccc(Cn2cccn2)c1.I. The Bertz CT molecular complexity index is 723. The number of guanidine groups is 1. The summed E-state index contributed by atoms with van der Waals surface area (Å²) in [5, 5.41) is 11.1.